The molecule has 46 heavy (non-hydrogen) atoms. The zero-order chi connectivity index (χ0) is 32.2. The highest BCUT2D eigenvalue weighted by atomic mass is 32.2. The first kappa shape index (κ1) is 31.7. The summed E-state index contributed by atoms with van der Waals surface area (Å²) in [5.41, 5.74) is 0.296. The van der Waals surface area contributed by atoms with Gasteiger partial charge < -0.3 is 19.7 Å². The normalized spacial score (nSPS) is 16.4. The molecule has 0 atom stereocenters. The van der Waals surface area contributed by atoms with Crippen LogP contribution in [-0.4, -0.2) is 104 Å². The van der Waals surface area contributed by atoms with Gasteiger partial charge in [-0.05, 0) is 37.1 Å². The number of amides is 2. The number of rotatable bonds is 10. The second-order valence-corrected chi connectivity index (χ2v) is 11.7. The summed E-state index contributed by atoms with van der Waals surface area (Å²) in [6.45, 7) is 0.798. The Balaban J connectivity index is 1.28. The van der Waals surface area contributed by atoms with Gasteiger partial charge >= 0.3 is 6.61 Å². The minimum Gasteiger partial charge on any atom is -0.434 e. The molecule has 17 heteroatoms. The summed E-state index contributed by atoms with van der Waals surface area (Å²) >= 11 is 0.212. The summed E-state index contributed by atoms with van der Waals surface area (Å²) in [7, 11) is 0. The van der Waals surface area contributed by atoms with Crippen LogP contribution in [0.5, 0.6) is 5.75 Å². The second kappa shape index (κ2) is 14.0. The number of halogens is 4. The van der Waals surface area contributed by atoms with Crippen molar-refractivity contribution in [3.05, 3.63) is 54.6 Å². The lowest BCUT2D eigenvalue weighted by Gasteiger charge is -2.40. The number of aromatic nitrogens is 5. The van der Waals surface area contributed by atoms with Crippen LogP contribution in [0.15, 0.2) is 53.9 Å². The van der Waals surface area contributed by atoms with Crippen molar-refractivity contribution in [2.45, 2.75) is 42.7 Å². The van der Waals surface area contributed by atoms with E-state index in [2.05, 4.69) is 25.4 Å². The Labute approximate surface area is 264 Å². The van der Waals surface area contributed by atoms with Gasteiger partial charge in [-0.1, -0.05) is 11.8 Å². The van der Waals surface area contributed by atoms with E-state index in [0.717, 1.165) is 32.0 Å². The molecule has 1 aromatic carbocycles. The monoisotopic (exact) mass is 662 g/mol. The Hall–Kier alpha value is -4.22. The van der Waals surface area contributed by atoms with Crippen LogP contribution in [0.1, 0.15) is 23.2 Å². The SMILES string of the molecule is O=C(Nc1cn(CC(=O)N2CCC(N3CCOCC3)CC2)nc1-c1cc(SC(F)F)ccc1OC(F)F)c1cnn2cccnc12. The molecule has 2 aliphatic heterocycles. The Morgan fingerprint density at radius 3 is 2.63 bits per heavy atom. The topological polar surface area (TPSA) is 119 Å². The average Bonchev–Trinajstić information content (AvgIpc) is 3.66. The van der Waals surface area contributed by atoms with Gasteiger partial charge in [-0.15, -0.1) is 0 Å². The van der Waals surface area contributed by atoms with Crippen LogP contribution < -0.4 is 10.1 Å². The van der Waals surface area contributed by atoms with Crippen LogP contribution in [0, 0.1) is 0 Å². The molecule has 0 aliphatic carbocycles. The van der Waals surface area contributed by atoms with E-state index < -0.39 is 18.3 Å². The molecule has 0 bridgehead atoms. The highest BCUT2D eigenvalue weighted by molar-refractivity contribution is 7.99. The molecule has 0 spiro atoms. The first-order chi connectivity index (χ1) is 22.2. The van der Waals surface area contributed by atoms with Crippen LogP contribution in [-0.2, 0) is 16.1 Å². The van der Waals surface area contributed by atoms with Gasteiger partial charge in [0.15, 0.2) is 5.65 Å². The number of morpholine rings is 1. The van der Waals surface area contributed by atoms with Crippen LogP contribution in [0.25, 0.3) is 16.9 Å². The van der Waals surface area contributed by atoms with Gasteiger partial charge in [0.25, 0.3) is 11.7 Å². The minimum atomic E-state index is -3.22. The van der Waals surface area contributed by atoms with Crippen LogP contribution in [0.2, 0.25) is 0 Å². The highest BCUT2D eigenvalue weighted by Gasteiger charge is 2.29. The lowest BCUT2D eigenvalue weighted by Crippen LogP contribution is -2.50. The van der Waals surface area contributed by atoms with Crippen molar-refractivity contribution in [2.24, 2.45) is 0 Å². The summed E-state index contributed by atoms with van der Waals surface area (Å²) in [6.07, 6.45) is 7.44. The molecule has 0 radical (unpaired) electrons. The van der Waals surface area contributed by atoms with E-state index in [-0.39, 0.29) is 63.0 Å². The molecular formula is C29H30F4N8O4S. The summed E-state index contributed by atoms with van der Waals surface area (Å²) in [5, 5.41) is 11.3. The first-order valence-corrected chi connectivity index (χ1v) is 15.4. The molecule has 2 aliphatic rings. The fourth-order valence-electron chi connectivity index (χ4n) is 5.70. The van der Waals surface area contributed by atoms with Crippen molar-refractivity contribution in [2.75, 3.05) is 44.7 Å². The van der Waals surface area contributed by atoms with Gasteiger partial charge in [0.05, 0.1) is 25.1 Å². The molecule has 1 N–H and O–H groups in total. The quantitative estimate of drug-likeness (QED) is 0.198. The number of carbonyl (C=O) groups is 2. The number of nitrogens with zero attached hydrogens (tertiary/aromatic N) is 7. The molecule has 4 aromatic rings. The number of carbonyl (C=O) groups excluding carboxylic acids is 2. The fourth-order valence-corrected chi connectivity index (χ4v) is 6.24. The van der Waals surface area contributed by atoms with Crippen molar-refractivity contribution in [1.82, 2.24) is 34.2 Å². The number of hydrogen-bond donors (Lipinski definition) is 1. The summed E-state index contributed by atoms with van der Waals surface area (Å²) in [6, 6.07) is 5.59. The molecule has 6 rings (SSSR count). The summed E-state index contributed by atoms with van der Waals surface area (Å²) < 4.78 is 66.0. The molecule has 244 valence electrons. The molecule has 2 amide bonds. The van der Waals surface area contributed by atoms with E-state index in [1.165, 1.54) is 39.9 Å². The molecule has 2 fully saturated rings. The van der Waals surface area contributed by atoms with E-state index in [9.17, 15) is 27.2 Å². The van der Waals surface area contributed by atoms with Crippen molar-refractivity contribution >= 4 is 34.9 Å². The Kier molecular flexibility index (Phi) is 9.70. The Morgan fingerprint density at radius 2 is 1.89 bits per heavy atom. The largest absolute Gasteiger partial charge is 0.434 e. The van der Waals surface area contributed by atoms with Crippen LogP contribution in [0.3, 0.4) is 0 Å². The third kappa shape index (κ3) is 7.26. The maximum Gasteiger partial charge on any atom is 0.387 e. The zero-order valence-electron chi connectivity index (χ0n) is 24.4. The number of fused-ring (bicyclic) bond motifs is 1. The van der Waals surface area contributed by atoms with Crippen molar-refractivity contribution in [3.8, 4) is 17.0 Å². The average molecular weight is 663 g/mol. The smallest absolute Gasteiger partial charge is 0.387 e. The molecule has 0 unspecified atom stereocenters. The number of thioether (sulfide) groups is 1. The number of anilines is 1. The number of ether oxygens (including phenoxy) is 2. The predicted molar refractivity (Wildman–Crippen MR) is 159 cm³/mol. The van der Waals surface area contributed by atoms with E-state index in [0.29, 0.717) is 32.3 Å². The fraction of sp³-hybridized carbons (Fsp3) is 0.414. The number of hydrogen-bond acceptors (Lipinski definition) is 9. The number of piperidine rings is 1. The third-order valence-electron chi connectivity index (χ3n) is 7.86. The molecule has 0 saturated carbocycles. The van der Waals surface area contributed by atoms with Crippen LogP contribution in [0.4, 0.5) is 23.2 Å². The molecule has 2 saturated heterocycles. The van der Waals surface area contributed by atoms with E-state index in [1.807, 2.05) is 0 Å². The molecular weight excluding hydrogens is 632 g/mol. The maximum absolute atomic E-state index is 13.4. The predicted octanol–water partition coefficient (Wildman–Crippen LogP) is 4.08. The number of alkyl halides is 4. The zero-order valence-corrected chi connectivity index (χ0v) is 25.2. The lowest BCUT2D eigenvalue weighted by atomic mass is 10.0. The molecule has 3 aromatic heterocycles. The highest BCUT2D eigenvalue weighted by Crippen LogP contribution is 2.39. The van der Waals surface area contributed by atoms with Crippen molar-refractivity contribution in [1.29, 1.82) is 0 Å². The van der Waals surface area contributed by atoms with Crippen molar-refractivity contribution < 1.29 is 36.6 Å². The first-order valence-electron chi connectivity index (χ1n) is 14.6. The third-order valence-corrected chi connectivity index (χ3v) is 8.56. The van der Waals surface area contributed by atoms with Crippen LogP contribution >= 0.6 is 11.8 Å². The molecule has 12 nitrogen and oxygen atoms in total. The van der Waals surface area contributed by atoms with E-state index >= 15 is 0 Å². The maximum atomic E-state index is 13.4. The van der Waals surface area contributed by atoms with Gasteiger partial charge in [0.2, 0.25) is 5.91 Å². The Bertz CT molecular complexity index is 1690. The van der Waals surface area contributed by atoms with Gasteiger partial charge in [-0.3, -0.25) is 19.2 Å². The minimum absolute atomic E-state index is 0.0393. The summed E-state index contributed by atoms with van der Waals surface area (Å²) in [4.78, 5) is 35.1. The summed E-state index contributed by atoms with van der Waals surface area (Å²) in [5.74, 6) is -3.98. The Morgan fingerprint density at radius 1 is 1.11 bits per heavy atom. The number of nitrogens with one attached hydrogen (secondary N) is 1. The molecule has 5 heterocycles. The van der Waals surface area contributed by atoms with Gasteiger partial charge in [-0.2, -0.15) is 27.8 Å². The van der Waals surface area contributed by atoms with Gasteiger partial charge in [-0.25, -0.2) is 9.50 Å². The number of benzene rings is 1. The standard InChI is InChI=1S/C29H30F4N8O4S/c30-28(31)45-23-3-2-19(46-29(32)33)14-20(23)25-22(36-27(43)21-15-35-41-7-1-6-34-26(21)41)16-40(37-25)17-24(42)39-8-4-18(5-9-39)38-10-12-44-13-11-38/h1-3,6-7,14-16,18,28-29H,4-5,8-13,17H2,(H,36,43). The van der Waals surface area contributed by atoms with E-state index in [1.54, 1.807) is 17.2 Å². The van der Waals surface area contributed by atoms with Gasteiger partial charge in [0.1, 0.15) is 23.6 Å². The van der Waals surface area contributed by atoms with E-state index in [4.69, 9.17) is 9.47 Å². The number of likely N-dealkylation sites (tertiary alicyclic amines) is 1. The lowest BCUT2D eigenvalue weighted by molar-refractivity contribution is -0.133. The second-order valence-electron chi connectivity index (χ2n) is 10.7. The van der Waals surface area contributed by atoms with Gasteiger partial charge in [0, 0.05) is 61.3 Å². The van der Waals surface area contributed by atoms with Crippen molar-refractivity contribution in [3.63, 3.8) is 0 Å².